The number of hydrogen-bond acceptors (Lipinski definition) is 4. The van der Waals surface area contributed by atoms with Crippen molar-refractivity contribution in [2.75, 3.05) is 52.4 Å². The summed E-state index contributed by atoms with van der Waals surface area (Å²) in [6.45, 7) is 9.14. The average molecular weight is 445 g/mol. The van der Waals surface area contributed by atoms with Crippen molar-refractivity contribution in [2.24, 2.45) is 35.5 Å². The van der Waals surface area contributed by atoms with Crippen LogP contribution in [0.2, 0.25) is 0 Å². The Balaban J connectivity index is 1.21. The first-order valence-electron chi connectivity index (χ1n) is 12.4. The van der Waals surface area contributed by atoms with E-state index in [0.29, 0.717) is 23.7 Å². The summed E-state index contributed by atoms with van der Waals surface area (Å²) in [5, 5.41) is 0. The molecule has 176 valence electrons. The van der Waals surface area contributed by atoms with Gasteiger partial charge in [-0.2, -0.15) is 0 Å². The lowest BCUT2D eigenvalue weighted by atomic mass is 9.77. The number of nitrogens with zero attached hydrogens (tertiary/aromatic N) is 4. The molecular formula is C24H36N4O4. The zero-order chi connectivity index (χ0) is 22.6. The minimum Gasteiger partial charge on any atom is -0.342 e. The summed E-state index contributed by atoms with van der Waals surface area (Å²) in [7, 11) is 0. The van der Waals surface area contributed by atoms with Gasteiger partial charge in [-0.3, -0.25) is 19.2 Å². The second kappa shape index (κ2) is 8.34. The Morgan fingerprint density at radius 2 is 0.781 bits per heavy atom. The maximum atomic E-state index is 13.5. The number of amides is 4. The molecule has 8 nitrogen and oxygen atoms in total. The third-order valence-electron chi connectivity index (χ3n) is 8.89. The van der Waals surface area contributed by atoms with Gasteiger partial charge in [-0.15, -0.1) is 0 Å². The van der Waals surface area contributed by atoms with E-state index >= 15 is 0 Å². The van der Waals surface area contributed by atoms with Crippen LogP contribution in [0.25, 0.3) is 0 Å². The monoisotopic (exact) mass is 444 g/mol. The molecule has 0 spiro atoms. The number of fused-ring (bicyclic) bond motifs is 2. The Morgan fingerprint density at radius 1 is 0.500 bits per heavy atom. The van der Waals surface area contributed by atoms with Crippen molar-refractivity contribution < 1.29 is 19.2 Å². The number of likely N-dealkylation sites (tertiary alicyclic amines) is 4. The lowest BCUT2D eigenvalue weighted by molar-refractivity contribution is -0.147. The van der Waals surface area contributed by atoms with Crippen LogP contribution in [0, 0.1) is 35.5 Å². The third-order valence-corrected chi connectivity index (χ3v) is 8.89. The first-order chi connectivity index (χ1) is 15.3. The summed E-state index contributed by atoms with van der Waals surface area (Å²) in [6.07, 6.45) is 3.63. The van der Waals surface area contributed by atoms with Gasteiger partial charge in [-0.1, -0.05) is 12.8 Å². The first-order valence-corrected chi connectivity index (χ1v) is 12.4. The molecule has 5 rings (SSSR count). The molecule has 4 heterocycles. The summed E-state index contributed by atoms with van der Waals surface area (Å²) in [6, 6.07) is 0. The molecule has 0 radical (unpaired) electrons. The summed E-state index contributed by atoms with van der Waals surface area (Å²) in [5.41, 5.74) is 0. The molecule has 0 unspecified atom stereocenters. The Bertz CT molecular complexity index is 722. The van der Waals surface area contributed by atoms with Gasteiger partial charge in [-0.25, -0.2) is 0 Å². The van der Waals surface area contributed by atoms with Crippen LogP contribution in [0.4, 0.5) is 0 Å². The van der Waals surface area contributed by atoms with Crippen LogP contribution < -0.4 is 0 Å². The largest absolute Gasteiger partial charge is 0.342 e. The summed E-state index contributed by atoms with van der Waals surface area (Å²) in [5.74, 6) is 1.68. The SMILES string of the molecule is CC(=O)N1C[C@@H]2CN(C(=O)[C@@H]3CCCC[C@H]3C(=O)N3C[C@H]4CN(C(C)=O)C[C@H]4C3)C[C@@H]2C1. The Labute approximate surface area is 190 Å². The number of rotatable bonds is 2. The smallest absolute Gasteiger partial charge is 0.226 e. The van der Waals surface area contributed by atoms with E-state index in [0.717, 1.165) is 78.0 Å². The second-order valence-corrected chi connectivity index (χ2v) is 10.9. The fourth-order valence-electron chi connectivity index (χ4n) is 7.05. The van der Waals surface area contributed by atoms with Crippen LogP contribution in [0.15, 0.2) is 0 Å². The molecule has 4 saturated heterocycles. The van der Waals surface area contributed by atoms with Gasteiger partial charge in [-0.05, 0) is 12.8 Å². The molecule has 4 aliphatic heterocycles. The van der Waals surface area contributed by atoms with Gasteiger partial charge >= 0.3 is 0 Å². The second-order valence-electron chi connectivity index (χ2n) is 10.9. The molecule has 0 N–H and O–H groups in total. The van der Waals surface area contributed by atoms with E-state index < -0.39 is 0 Å². The molecule has 0 aromatic rings. The maximum Gasteiger partial charge on any atom is 0.226 e. The van der Waals surface area contributed by atoms with Crippen LogP contribution in [-0.4, -0.2) is 95.6 Å². The number of carbonyl (C=O) groups is 4. The zero-order valence-electron chi connectivity index (χ0n) is 19.4. The van der Waals surface area contributed by atoms with Crippen molar-refractivity contribution in [3.8, 4) is 0 Å². The van der Waals surface area contributed by atoms with Crippen molar-refractivity contribution in [3.63, 3.8) is 0 Å². The van der Waals surface area contributed by atoms with Gasteiger partial charge in [0.1, 0.15) is 0 Å². The van der Waals surface area contributed by atoms with Crippen LogP contribution in [0.1, 0.15) is 39.5 Å². The van der Waals surface area contributed by atoms with Crippen molar-refractivity contribution in [1.82, 2.24) is 19.6 Å². The fourth-order valence-corrected chi connectivity index (χ4v) is 7.05. The highest BCUT2D eigenvalue weighted by Crippen LogP contribution is 2.39. The van der Waals surface area contributed by atoms with E-state index in [9.17, 15) is 19.2 Å². The molecule has 0 aromatic heterocycles. The van der Waals surface area contributed by atoms with Crippen molar-refractivity contribution in [1.29, 1.82) is 0 Å². The Kier molecular flexibility index (Phi) is 5.66. The molecule has 6 atom stereocenters. The molecule has 8 heteroatoms. The standard InChI is InChI=1S/C24H36N4O4/c1-15(29)25-7-17-11-27(12-18(17)8-25)23(31)21-5-3-4-6-22(21)24(32)28-13-19-9-26(16(2)30)10-20(19)14-28/h17-22H,3-14H2,1-2H3/t17-,18+,19-,20+,21-,22-/m1/s1. The molecular weight excluding hydrogens is 408 g/mol. The van der Waals surface area contributed by atoms with Crippen LogP contribution in [0.5, 0.6) is 0 Å². The van der Waals surface area contributed by atoms with Crippen LogP contribution >= 0.6 is 0 Å². The first kappa shape index (κ1) is 21.7. The molecule has 1 aliphatic carbocycles. The predicted octanol–water partition coefficient (Wildman–Crippen LogP) is 0.666. The third kappa shape index (κ3) is 3.79. The highest BCUT2D eigenvalue weighted by atomic mass is 16.2. The lowest BCUT2D eigenvalue weighted by Crippen LogP contribution is -2.47. The minimum atomic E-state index is -0.201. The molecule has 5 fully saturated rings. The van der Waals surface area contributed by atoms with Gasteiger partial charge in [0.15, 0.2) is 0 Å². The zero-order valence-corrected chi connectivity index (χ0v) is 19.4. The highest BCUT2D eigenvalue weighted by Gasteiger charge is 2.48. The number of hydrogen-bond donors (Lipinski definition) is 0. The van der Waals surface area contributed by atoms with Crippen molar-refractivity contribution in [2.45, 2.75) is 39.5 Å². The lowest BCUT2D eigenvalue weighted by Gasteiger charge is -2.35. The van der Waals surface area contributed by atoms with Gasteiger partial charge in [0, 0.05) is 102 Å². The molecule has 0 aromatic carbocycles. The van der Waals surface area contributed by atoms with Crippen LogP contribution in [-0.2, 0) is 19.2 Å². The maximum absolute atomic E-state index is 13.5. The van der Waals surface area contributed by atoms with E-state index in [-0.39, 0.29) is 35.5 Å². The highest BCUT2D eigenvalue weighted by molar-refractivity contribution is 5.88. The Morgan fingerprint density at radius 3 is 1.06 bits per heavy atom. The molecule has 32 heavy (non-hydrogen) atoms. The average Bonchev–Trinajstić information content (AvgIpc) is 3.50. The van der Waals surface area contributed by atoms with Gasteiger partial charge in [0.2, 0.25) is 23.6 Å². The predicted molar refractivity (Wildman–Crippen MR) is 117 cm³/mol. The minimum absolute atomic E-state index is 0.122. The molecule has 0 bridgehead atoms. The molecule has 1 saturated carbocycles. The van der Waals surface area contributed by atoms with Gasteiger partial charge in [0.05, 0.1) is 0 Å². The summed E-state index contributed by atoms with van der Waals surface area (Å²) < 4.78 is 0. The van der Waals surface area contributed by atoms with E-state index in [1.807, 2.05) is 19.6 Å². The van der Waals surface area contributed by atoms with Gasteiger partial charge in [0.25, 0.3) is 0 Å². The Hall–Kier alpha value is -2.12. The molecule has 4 amide bonds. The molecule has 5 aliphatic rings. The van der Waals surface area contributed by atoms with Crippen molar-refractivity contribution in [3.05, 3.63) is 0 Å². The van der Waals surface area contributed by atoms with E-state index in [1.165, 1.54) is 0 Å². The summed E-state index contributed by atoms with van der Waals surface area (Å²) in [4.78, 5) is 58.2. The normalized spacial score (nSPS) is 36.4. The van der Waals surface area contributed by atoms with E-state index in [1.54, 1.807) is 13.8 Å². The quantitative estimate of drug-likeness (QED) is 0.627. The number of carbonyl (C=O) groups excluding carboxylic acids is 4. The topological polar surface area (TPSA) is 81.2 Å². The van der Waals surface area contributed by atoms with Crippen LogP contribution in [0.3, 0.4) is 0 Å². The van der Waals surface area contributed by atoms with E-state index in [4.69, 9.17) is 0 Å². The van der Waals surface area contributed by atoms with Gasteiger partial charge < -0.3 is 19.6 Å². The van der Waals surface area contributed by atoms with Crippen molar-refractivity contribution >= 4 is 23.6 Å². The summed E-state index contributed by atoms with van der Waals surface area (Å²) >= 11 is 0. The fraction of sp³-hybridized carbons (Fsp3) is 0.833. The van der Waals surface area contributed by atoms with E-state index in [2.05, 4.69) is 0 Å².